The number of aromatic nitrogens is 3. The van der Waals surface area contributed by atoms with Gasteiger partial charge in [-0.3, -0.25) is 4.79 Å². The Balaban J connectivity index is 2.34. The molecule has 1 heterocycles. The first-order valence-electron chi connectivity index (χ1n) is 6.43. The number of aromatic carboxylic acids is 1. The van der Waals surface area contributed by atoms with Gasteiger partial charge >= 0.3 is 5.97 Å². The van der Waals surface area contributed by atoms with Crippen LogP contribution in [0.1, 0.15) is 36.5 Å². The number of rotatable bonds is 8. The summed E-state index contributed by atoms with van der Waals surface area (Å²) in [6, 6.07) is 0. The first-order chi connectivity index (χ1) is 9.41. The van der Waals surface area contributed by atoms with E-state index >= 15 is 0 Å². The molecule has 1 aromatic rings. The number of hydrogen-bond acceptors (Lipinski definition) is 5. The minimum Gasteiger partial charge on any atom is -0.476 e. The van der Waals surface area contributed by atoms with Crippen LogP contribution in [0.2, 0.25) is 0 Å². The highest BCUT2D eigenvalue weighted by Crippen LogP contribution is 2.02. The van der Waals surface area contributed by atoms with Gasteiger partial charge in [0.15, 0.2) is 5.69 Å². The molecular weight excluding hydrogens is 264 g/mol. The topological polar surface area (TPSA) is 106 Å². The molecule has 0 aliphatic rings. The lowest BCUT2D eigenvalue weighted by atomic mass is 10.3. The molecule has 112 valence electrons. The predicted molar refractivity (Wildman–Crippen MR) is 70.4 cm³/mol. The van der Waals surface area contributed by atoms with E-state index < -0.39 is 5.97 Å². The van der Waals surface area contributed by atoms with Crippen LogP contribution in [-0.2, 0) is 16.1 Å². The first-order valence-corrected chi connectivity index (χ1v) is 6.43. The molecule has 0 fully saturated rings. The van der Waals surface area contributed by atoms with E-state index in [1.165, 1.54) is 4.68 Å². The Morgan fingerprint density at radius 1 is 1.45 bits per heavy atom. The van der Waals surface area contributed by atoms with Crippen LogP contribution in [0.4, 0.5) is 0 Å². The number of carbonyl (C=O) groups excluding carboxylic acids is 1. The third kappa shape index (κ3) is 4.96. The van der Waals surface area contributed by atoms with Gasteiger partial charge in [0.25, 0.3) is 0 Å². The summed E-state index contributed by atoms with van der Waals surface area (Å²) in [5.74, 6) is -1.39. The summed E-state index contributed by atoms with van der Waals surface area (Å²) < 4.78 is 6.61. The smallest absolute Gasteiger partial charge is 0.358 e. The van der Waals surface area contributed by atoms with Crippen molar-refractivity contribution in [3.63, 3.8) is 0 Å². The Morgan fingerprint density at radius 2 is 2.15 bits per heavy atom. The second-order valence-corrected chi connectivity index (χ2v) is 4.61. The molecule has 0 radical (unpaired) electrons. The van der Waals surface area contributed by atoms with Crippen molar-refractivity contribution in [2.75, 3.05) is 13.2 Å². The van der Waals surface area contributed by atoms with E-state index in [9.17, 15) is 9.59 Å². The molecule has 8 nitrogen and oxygen atoms in total. The summed E-state index contributed by atoms with van der Waals surface area (Å²) in [5, 5.41) is 18.7. The van der Waals surface area contributed by atoms with Gasteiger partial charge < -0.3 is 15.2 Å². The lowest BCUT2D eigenvalue weighted by molar-refractivity contribution is -0.121. The number of carboxylic acids is 1. The number of ether oxygens (including phenoxy) is 1. The molecule has 20 heavy (non-hydrogen) atoms. The van der Waals surface area contributed by atoms with Crippen LogP contribution in [0.25, 0.3) is 0 Å². The van der Waals surface area contributed by atoms with Gasteiger partial charge in [0.2, 0.25) is 5.91 Å². The third-order valence-electron chi connectivity index (χ3n) is 2.57. The highest BCUT2D eigenvalue weighted by Gasteiger charge is 2.16. The number of nitrogens with one attached hydrogen (secondary N) is 1. The summed E-state index contributed by atoms with van der Waals surface area (Å²) in [5.41, 5.74) is 0.221. The van der Waals surface area contributed by atoms with Gasteiger partial charge in [-0.1, -0.05) is 5.21 Å². The fourth-order valence-electron chi connectivity index (χ4n) is 1.52. The minimum absolute atomic E-state index is 0.0445. The second kappa shape index (κ2) is 7.59. The van der Waals surface area contributed by atoms with Crippen molar-refractivity contribution < 1.29 is 19.4 Å². The van der Waals surface area contributed by atoms with Gasteiger partial charge in [-0.15, -0.1) is 5.10 Å². The molecule has 0 aliphatic carbocycles. The highest BCUT2D eigenvalue weighted by atomic mass is 16.5. The standard InChI is InChI=1S/C12H20N4O4/c1-8(2)20-6-4-5-13-10(17)7-16-9(3)11(12(18)19)14-15-16/h8H,4-7H2,1-3H3,(H,13,17)(H,18,19). The van der Waals surface area contributed by atoms with Crippen molar-refractivity contribution in [2.45, 2.75) is 39.8 Å². The average Bonchev–Trinajstić information content (AvgIpc) is 2.70. The summed E-state index contributed by atoms with van der Waals surface area (Å²) in [6.45, 7) is 6.51. The highest BCUT2D eigenvalue weighted by molar-refractivity contribution is 5.86. The van der Waals surface area contributed by atoms with Gasteiger partial charge in [0.05, 0.1) is 11.8 Å². The Hall–Kier alpha value is -1.96. The first kappa shape index (κ1) is 16.1. The van der Waals surface area contributed by atoms with E-state index in [2.05, 4.69) is 15.6 Å². The fourth-order valence-corrected chi connectivity index (χ4v) is 1.52. The SMILES string of the molecule is Cc1c(C(=O)O)nnn1CC(=O)NCCCOC(C)C. The summed E-state index contributed by atoms with van der Waals surface area (Å²) in [7, 11) is 0. The van der Waals surface area contributed by atoms with Crippen molar-refractivity contribution in [2.24, 2.45) is 0 Å². The van der Waals surface area contributed by atoms with Gasteiger partial charge in [0, 0.05) is 13.2 Å². The predicted octanol–water partition coefficient (Wildman–Crippen LogP) is 0.216. The van der Waals surface area contributed by atoms with Crippen LogP contribution in [0.5, 0.6) is 0 Å². The molecule has 0 saturated carbocycles. The Labute approximate surface area is 117 Å². The molecule has 8 heteroatoms. The number of hydrogen-bond donors (Lipinski definition) is 2. The normalized spacial score (nSPS) is 10.8. The molecule has 1 amide bonds. The number of nitrogens with zero attached hydrogens (tertiary/aromatic N) is 3. The zero-order chi connectivity index (χ0) is 15.1. The second-order valence-electron chi connectivity index (χ2n) is 4.61. The molecule has 0 aliphatic heterocycles. The molecule has 0 unspecified atom stereocenters. The summed E-state index contributed by atoms with van der Waals surface area (Å²) in [4.78, 5) is 22.4. The molecular formula is C12H20N4O4. The Morgan fingerprint density at radius 3 is 2.70 bits per heavy atom. The molecule has 0 saturated heterocycles. The van der Waals surface area contributed by atoms with E-state index in [1.54, 1.807) is 6.92 Å². The monoisotopic (exact) mass is 284 g/mol. The van der Waals surface area contributed by atoms with E-state index in [1.807, 2.05) is 13.8 Å². The van der Waals surface area contributed by atoms with Gasteiger partial charge in [-0.25, -0.2) is 9.48 Å². The van der Waals surface area contributed by atoms with Crippen LogP contribution < -0.4 is 5.32 Å². The van der Waals surface area contributed by atoms with E-state index in [0.717, 1.165) is 6.42 Å². The molecule has 0 atom stereocenters. The molecule has 1 aromatic heterocycles. The molecule has 0 spiro atoms. The van der Waals surface area contributed by atoms with Crippen molar-refractivity contribution >= 4 is 11.9 Å². The lowest BCUT2D eigenvalue weighted by Crippen LogP contribution is -2.30. The molecule has 0 bridgehead atoms. The summed E-state index contributed by atoms with van der Waals surface area (Å²) >= 11 is 0. The quantitative estimate of drug-likeness (QED) is 0.661. The molecule has 0 aromatic carbocycles. The number of carboxylic acid groups (broad SMARTS) is 1. The fraction of sp³-hybridized carbons (Fsp3) is 0.667. The van der Waals surface area contributed by atoms with Gasteiger partial charge in [-0.05, 0) is 27.2 Å². The molecule has 2 N–H and O–H groups in total. The van der Waals surface area contributed by atoms with Gasteiger partial charge in [-0.2, -0.15) is 0 Å². The van der Waals surface area contributed by atoms with Crippen LogP contribution >= 0.6 is 0 Å². The average molecular weight is 284 g/mol. The maximum atomic E-state index is 11.7. The van der Waals surface area contributed by atoms with Crippen LogP contribution in [0.15, 0.2) is 0 Å². The van der Waals surface area contributed by atoms with Crippen LogP contribution in [0.3, 0.4) is 0 Å². The molecule has 1 rings (SSSR count). The maximum Gasteiger partial charge on any atom is 0.358 e. The maximum absolute atomic E-state index is 11.7. The zero-order valence-electron chi connectivity index (χ0n) is 11.9. The van der Waals surface area contributed by atoms with Crippen LogP contribution in [0, 0.1) is 6.92 Å². The minimum atomic E-state index is -1.15. The third-order valence-corrected chi connectivity index (χ3v) is 2.57. The van der Waals surface area contributed by atoms with Crippen molar-refractivity contribution in [3.8, 4) is 0 Å². The Bertz CT molecular complexity index is 470. The largest absolute Gasteiger partial charge is 0.476 e. The van der Waals surface area contributed by atoms with Crippen molar-refractivity contribution in [3.05, 3.63) is 11.4 Å². The number of carbonyl (C=O) groups is 2. The van der Waals surface area contributed by atoms with Crippen molar-refractivity contribution in [1.82, 2.24) is 20.3 Å². The van der Waals surface area contributed by atoms with E-state index in [-0.39, 0.29) is 24.2 Å². The summed E-state index contributed by atoms with van der Waals surface area (Å²) in [6.07, 6.45) is 0.902. The van der Waals surface area contributed by atoms with Gasteiger partial charge in [0.1, 0.15) is 6.54 Å². The van der Waals surface area contributed by atoms with Crippen LogP contribution in [-0.4, -0.2) is 51.2 Å². The Kier molecular flexibility index (Phi) is 6.10. The van der Waals surface area contributed by atoms with E-state index in [0.29, 0.717) is 18.8 Å². The number of amides is 1. The zero-order valence-corrected chi connectivity index (χ0v) is 11.9. The lowest BCUT2D eigenvalue weighted by Gasteiger charge is -2.08. The van der Waals surface area contributed by atoms with Crippen molar-refractivity contribution in [1.29, 1.82) is 0 Å². The van der Waals surface area contributed by atoms with E-state index in [4.69, 9.17) is 9.84 Å².